The van der Waals surface area contributed by atoms with E-state index in [1.807, 2.05) is 44.2 Å². The summed E-state index contributed by atoms with van der Waals surface area (Å²) in [5, 5.41) is 12.1. The van der Waals surface area contributed by atoms with E-state index >= 15 is 0 Å². The van der Waals surface area contributed by atoms with Gasteiger partial charge in [-0.2, -0.15) is 5.26 Å². The first-order chi connectivity index (χ1) is 9.69. The molecule has 0 atom stereocenters. The molecule has 1 heterocycles. The lowest BCUT2D eigenvalue weighted by molar-refractivity contribution is 0.0657. The van der Waals surface area contributed by atoms with Crippen molar-refractivity contribution in [3.8, 4) is 6.07 Å². The van der Waals surface area contributed by atoms with E-state index in [2.05, 4.69) is 15.3 Å². The summed E-state index contributed by atoms with van der Waals surface area (Å²) in [4.78, 5) is 8.09. The Labute approximate surface area is 118 Å². The predicted molar refractivity (Wildman–Crippen MR) is 76.4 cm³/mol. The number of nitriles is 1. The molecule has 0 unspecified atom stereocenters. The highest BCUT2D eigenvalue weighted by molar-refractivity contribution is 5.60. The van der Waals surface area contributed by atoms with Crippen LogP contribution in [0.1, 0.15) is 25.1 Å². The summed E-state index contributed by atoms with van der Waals surface area (Å²) in [6.45, 7) is 4.56. The number of anilines is 2. The Kier molecular flexibility index (Phi) is 4.64. The number of ether oxygens (including phenoxy) is 1. The molecule has 2 rings (SSSR count). The van der Waals surface area contributed by atoms with E-state index in [0.29, 0.717) is 12.4 Å². The third-order valence-electron chi connectivity index (χ3n) is 2.58. The van der Waals surface area contributed by atoms with Crippen molar-refractivity contribution in [1.82, 2.24) is 9.97 Å². The highest BCUT2D eigenvalue weighted by Crippen LogP contribution is 2.18. The van der Waals surface area contributed by atoms with E-state index in [4.69, 9.17) is 10.00 Å². The van der Waals surface area contributed by atoms with Crippen LogP contribution >= 0.6 is 0 Å². The van der Waals surface area contributed by atoms with Gasteiger partial charge in [0, 0.05) is 18.1 Å². The molecule has 0 aliphatic rings. The lowest BCUT2D eigenvalue weighted by Gasteiger charge is -2.10. The number of aromatic nitrogens is 2. The van der Waals surface area contributed by atoms with Crippen LogP contribution in [-0.4, -0.2) is 16.1 Å². The Hall–Kier alpha value is -2.45. The molecule has 5 nitrogen and oxygen atoms in total. The van der Waals surface area contributed by atoms with Crippen LogP contribution in [0.3, 0.4) is 0 Å². The average Bonchev–Trinajstić information content (AvgIpc) is 2.46. The van der Waals surface area contributed by atoms with Crippen LogP contribution in [0, 0.1) is 11.3 Å². The molecule has 102 valence electrons. The quantitative estimate of drug-likeness (QED) is 0.902. The van der Waals surface area contributed by atoms with Gasteiger partial charge in [-0.05, 0) is 31.5 Å². The summed E-state index contributed by atoms with van der Waals surface area (Å²) in [5.74, 6) is 0.455. The van der Waals surface area contributed by atoms with E-state index in [1.165, 1.54) is 6.20 Å². The van der Waals surface area contributed by atoms with Crippen molar-refractivity contribution in [2.24, 2.45) is 0 Å². The lowest BCUT2D eigenvalue weighted by Crippen LogP contribution is -2.03. The molecule has 0 saturated carbocycles. The number of nitrogens with one attached hydrogen (secondary N) is 1. The summed E-state index contributed by atoms with van der Waals surface area (Å²) in [5.41, 5.74) is 2.19. The van der Waals surface area contributed by atoms with Crippen molar-refractivity contribution in [1.29, 1.82) is 5.26 Å². The van der Waals surface area contributed by atoms with Gasteiger partial charge < -0.3 is 10.1 Å². The van der Waals surface area contributed by atoms with E-state index in [-0.39, 0.29) is 11.8 Å². The maximum Gasteiger partial charge on any atom is 0.183 e. The molecule has 0 aliphatic carbocycles. The molecular weight excluding hydrogens is 252 g/mol. The molecular formula is C15H16N4O. The summed E-state index contributed by atoms with van der Waals surface area (Å²) in [6, 6.07) is 9.82. The lowest BCUT2D eigenvalue weighted by atomic mass is 10.2. The number of hydrogen-bond donors (Lipinski definition) is 1. The second kappa shape index (κ2) is 6.64. The van der Waals surface area contributed by atoms with Crippen LogP contribution < -0.4 is 5.32 Å². The SMILES string of the molecule is CC(C)OCc1cccc(Nc2nccnc2C#N)c1. The maximum atomic E-state index is 8.98. The zero-order chi connectivity index (χ0) is 14.4. The Balaban J connectivity index is 2.14. The zero-order valence-corrected chi connectivity index (χ0v) is 11.5. The molecule has 0 radical (unpaired) electrons. The Morgan fingerprint density at radius 2 is 2.10 bits per heavy atom. The normalized spacial score (nSPS) is 10.3. The van der Waals surface area contributed by atoms with Gasteiger partial charge in [0.15, 0.2) is 11.5 Å². The molecule has 1 aromatic carbocycles. The van der Waals surface area contributed by atoms with Gasteiger partial charge in [0.2, 0.25) is 0 Å². The minimum Gasteiger partial charge on any atom is -0.374 e. The first-order valence-electron chi connectivity index (χ1n) is 6.37. The molecule has 0 bridgehead atoms. The molecule has 1 aromatic heterocycles. The van der Waals surface area contributed by atoms with Crippen molar-refractivity contribution in [2.75, 3.05) is 5.32 Å². The fourth-order valence-corrected chi connectivity index (χ4v) is 1.65. The van der Waals surface area contributed by atoms with Gasteiger partial charge in [0.1, 0.15) is 6.07 Å². The molecule has 2 aromatic rings. The van der Waals surface area contributed by atoms with Crippen molar-refractivity contribution in [2.45, 2.75) is 26.6 Å². The second-order valence-corrected chi connectivity index (χ2v) is 4.55. The van der Waals surface area contributed by atoms with E-state index in [9.17, 15) is 0 Å². The zero-order valence-electron chi connectivity index (χ0n) is 11.5. The van der Waals surface area contributed by atoms with Gasteiger partial charge in [0.25, 0.3) is 0 Å². The highest BCUT2D eigenvalue weighted by Gasteiger charge is 2.05. The van der Waals surface area contributed by atoms with Crippen LogP contribution in [0.15, 0.2) is 36.7 Å². The van der Waals surface area contributed by atoms with Crippen molar-refractivity contribution in [3.63, 3.8) is 0 Å². The Morgan fingerprint density at radius 3 is 2.85 bits per heavy atom. The molecule has 0 saturated heterocycles. The van der Waals surface area contributed by atoms with Crippen LogP contribution in [0.2, 0.25) is 0 Å². The predicted octanol–water partition coefficient (Wildman–Crippen LogP) is 3.02. The van der Waals surface area contributed by atoms with Gasteiger partial charge in [-0.25, -0.2) is 9.97 Å². The first-order valence-corrected chi connectivity index (χ1v) is 6.37. The summed E-state index contributed by atoms with van der Waals surface area (Å²) in [6.07, 6.45) is 3.24. The largest absolute Gasteiger partial charge is 0.374 e. The van der Waals surface area contributed by atoms with Crippen LogP contribution in [-0.2, 0) is 11.3 Å². The van der Waals surface area contributed by atoms with E-state index in [0.717, 1.165) is 11.3 Å². The third kappa shape index (κ3) is 3.77. The topological polar surface area (TPSA) is 70.8 Å². The molecule has 5 heteroatoms. The van der Waals surface area contributed by atoms with Gasteiger partial charge >= 0.3 is 0 Å². The monoisotopic (exact) mass is 268 g/mol. The number of benzene rings is 1. The van der Waals surface area contributed by atoms with Gasteiger partial charge in [0.05, 0.1) is 12.7 Å². The number of rotatable bonds is 5. The number of hydrogen-bond acceptors (Lipinski definition) is 5. The van der Waals surface area contributed by atoms with Crippen molar-refractivity contribution in [3.05, 3.63) is 47.9 Å². The van der Waals surface area contributed by atoms with Gasteiger partial charge in [-0.3, -0.25) is 0 Å². The summed E-state index contributed by atoms with van der Waals surface area (Å²) in [7, 11) is 0. The molecule has 0 spiro atoms. The van der Waals surface area contributed by atoms with Gasteiger partial charge in [-0.1, -0.05) is 12.1 Å². The van der Waals surface area contributed by atoms with Crippen LogP contribution in [0.5, 0.6) is 0 Å². The van der Waals surface area contributed by atoms with Crippen molar-refractivity contribution < 1.29 is 4.74 Å². The molecule has 1 N–H and O–H groups in total. The fraction of sp³-hybridized carbons (Fsp3) is 0.267. The van der Waals surface area contributed by atoms with Gasteiger partial charge in [-0.15, -0.1) is 0 Å². The highest BCUT2D eigenvalue weighted by atomic mass is 16.5. The summed E-state index contributed by atoms with van der Waals surface area (Å²) < 4.78 is 5.57. The van der Waals surface area contributed by atoms with Crippen LogP contribution in [0.4, 0.5) is 11.5 Å². The fourth-order valence-electron chi connectivity index (χ4n) is 1.65. The smallest absolute Gasteiger partial charge is 0.183 e. The first kappa shape index (κ1) is 14.0. The standard InChI is InChI=1S/C15H16N4O/c1-11(2)20-10-12-4-3-5-13(8-12)19-15-14(9-16)17-6-7-18-15/h3-8,11H,10H2,1-2H3,(H,18,19). The molecule has 0 aliphatic heterocycles. The van der Waals surface area contributed by atoms with E-state index in [1.54, 1.807) is 6.20 Å². The van der Waals surface area contributed by atoms with Crippen LogP contribution in [0.25, 0.3) is 0 Å². The van der Waals surface area contributed by atoms with E-state index < -0.39 is 0 Å². The molecule has 0 amide bonds. The Morgan fingerprint density at radius 1 is 1.30 bits per heavy atom. The summed E-state index contributed by atoms with van der Waals surface area (Å²) >= 11 is 0. The number of nitrogens with zero attached hydrogens (tertiary/aromatic N) is 3. The molecule has 20 heavy (non-hydrogen) atoms. The second-order valence-electron chi connectivity index (χ2n) is 4.55. The minimum atomic E-state index is 0.191. The van der Waals surface area contributed by atoms with Crippen molar-refractivity contribution >= 4 is 11.5 Å². The third-order valence-corrected chi connectivity index (χ3v) is 2.58. The Bertz CT molecular complexity index is 619. The molecule has 0 fully saturated rings. The minimum absolute atomic E-state index is 0.191. The maximum absolute atomic E-state index is 8.98. The average molecular weight is 268 g/mol.